The van der Waals surface area contributed by atoms with Crippen LogP contribution in [0, 0.1) is 0 Å². The molecular weight excluding hydrogens is 293 g/mol. The van der Waals surface area contributed by atoms with E-state index in [1.165, 1.54) is 0 Å². The fraction of sp³-hybridized carbons (Fsp3) is 0.400. The summed E-state index contributed by atoms with van der Waals surface area (Å²) >= 11 is 9.12. The van der Waals surface area contributed by atoms with Crippen molar-refractivity contribution in [2.75, 3.05) is 11.9 Å². The van der Waals surface area contributed by atoms with Crippen molar-refractivity contribution in [2.24, 2.45) is 5.73 Å². The van der Waals surface area contributed by atoms with Crippen molar-refractivity contribution < 1.29 is 4.79 Å². The Morgan fingerprint density at radius 3 is 2.94 bits per heavy atom. The molecule has 1 amide bonds. The van der Waals surface area contributed by atoms with E-state index in [1.54, 1.807) is 12.3 Å². The van der Waals surface area contributed by atoms with Crippen LogP contribution < -0.4 is 11.1 Å². The summed E-state index contributed by atoms with van der Waals surface area (Å²) in [6, 6.07) is 1.78. The van der Waals surface area contributed by atoms with Gasteiger partial charge in [-0.05, 0) is 34.8 Å². The van der Waals surface area contributed by atoms with Gasteiger partial charge in [0.25, 0.3) is 0 Å². The van der Waals surface area contributed by atoms with E-state index in [1.807, 2.05) is 0 Å². The Morgan fingerprint density at radius 1 is 1.56 bits per heavy atom. The topological polar surface area (TPSA) is 68.0 Å². The highest BCUT2D eigenvalue weighted by Crippen LogP contribution is 2.22. The van der Waals surface area contributed by atoms with E-state index in [-0.39, 0.29) is 5.91 Å². The molecule has 0 aliphatic heterocycles. The number of aromatic nitrogens is 1. The number of carbonyl (C=O) groups excluding carboxylic acids is 1. The molecule has 4 nitrogen and oxygen atoms in total. The molecule has 0 saturated heterocycles. The standard InChI is InChI=1S/C10H13BrClN3O/c11-8-5-7(12)6-15-10(8)14-4-2-1-3-9(13)16/h5-6H,1-4H2,(H2,13,16)(H,14,15). The molecule has 0 unspecified atom stereocenters. The largest absolute Gasteiger partial charge is 0.370 e. The summed E-state index contributed by atoms with van der Waals surface area (Å²) in [5.74, 6) is 0.495. The first-order valence-electron chi connectivity index (χ1n) is 4.93. The second-order valence-corrected chi connectivity index (χ2v) is 4.62. The van der Waals surface area contributed by atoms with Crippen molar-refractivity contribution in [3.05, 3.63) is 21.8 Å². The van der Waals surface area contributed by atoms with Gasteiger partial charge in [-0.25, -0.2) is 4.98 Å². The molecule has 3 N–H and O–H groups in total. The minimum atomic E-state index is -0.259. The number of nitrogens with zero attached hydrogens (tertiary/aromatic N) is 1. The molecule has 88 valence electrons. The Kier molecular flexibility index (Phi) is 5.55. The van der Waals surface area contributed by atoms with Crippen LogP contribution in [0.5, 0.6) is 0 Å². The van der Waals surface area contributed by atoms with Gasteiger partial charge in [0, 0.05) is 19.2 Å². The number of hydrogen-bond donors (Lipinski definition) is 2. The van der Waals surface area contributed by atoms with Gasteiger partial charge in [-0.2, -0.15) is 0 Å². The van der Waals surface area contributed by atoms with Crippen molar-refractivity contribution in [1.29, 1.82) is 0 Å². The molecule has 1 rings (SSSR count). The highest BCUT2D eigenvalue weighted by atomic mass is 79.9. The minimum absolute atomic E-state index is 0.259. The third-order valence-corrected chi connectivity index (χ3v) is 2.76. The SMILES string of the molecule is NC(=O)CCCCNc1ncc(Cl)cc1Br. The predicted octanol–water partition coefficient (Wildman–Crippen LogP) is 2.56. The van der Waals surface area contributed by atoms with Crippen LogP contribution in [-0.4, -0.2) is 17.4 Å². The number of amides is 1. The molecule has 0 radical (unpaired) electrons. The predicted molar refractivity (Wildman–Crippen MR) is 68.5 cm³/mol. The lowest BCUT2D eigenvalue weighted by atomic mass is 10.2. The van der Waals surface area contributed by atoms with Crippen LogP contribution in [0.25, 0.3) is 0 Å². The van der Waals surface area contributed by atoms with E-state index >= 15 is 0 Å². The number of primary amides is 1. The van der Waals surface area contributed by atoms with Crippen molar-refractivity contribution in [3.63, 3.8) is 0 Å². The lowest BCUT2D eigenvalue weighted by Crippen LogP contribution is -2.11. The number of anilines is 1. The van der Waals surface area contributed by atoms with Gasteiger partial charge in [0.2, 0.25) is 5.91 Å². The second kappa shape index (κ2) is 6.70. The molecule has 6 heteroatoms. The number of pyridine rings is 1. The zero-order chi connectivity index (χ0) is 12.0. The first kappa shape index (κ1) is 13.3. The van der Waals surface area contributed by atoms with Crippen molar-refractivity contribution in [1.82, 2.24) is 4.98 Å². The lowest BCUT2D eigenvalue weighted by Gasteiger charge is -2.06. The number of halogens is 2. The molecule has 1 aromatic rings. The van der Waals surface area contributed by atoms with Gasteiger partial charge in [-0.1, -0.05) is 11.6 Å². The van der Waals surface area contributed by atoms with Gasteiger partial charge < -0.3 is 11.1 Å². The number of nitrogens with one attached hydrogen (secondary N) is 1. The summed E-state index contributed by atoms with van der Waals surface area (Å²) in [5.41, 5.74) is 5.03. The summed E-state index contributed by atoms with van der Waals surface area (Å²) < 4.78 is 0.829. The summed E-state index contributed by atoms with van der Waals surface area (Å²) in [4.78, 5) is 14.6. The van der Waals surface area contributed by atoms with Gasteiger partial charge in [0.15, 0.2) is 0 Å². The van der Waals surface area contributed by atoms with Gasteiger partial charge in [0.1, 0.15) is 5.82 Å². The lowest BCUT2D eigenvalue weighted by molar-refractivity contribution is -0.118. The number of nitrogens with two attached hydrogens (primary N) is 1. The molecule has 0 aliphatic rings. The Morgan fingerprint density at radius 2 is 2.31 bits per heavy atom. The quantitative estimate of drug-likeness (QED) is 0.794. The van der Waals surface area contributed by atoms with E-state index in [9.17, 15) is 4.79 Å². The Hall–Kier alpha value is -0.810. The molecular formula is C10H13BrClN3O. The fourth-order valence-electron chi connectivity index (χ4n) is 1.18. The maximum absolute atomic E-state index is 10.5. The molecule has 0 fully saturated rings. The molecule has 16 heavy (non-hydrogen) atoms. The van der Waals surface area contributed by atoms with Gasteiger partial charge >= 0.3 is 0 Å². The third-order valence-electron chi connectivity index (χ3n) is 1.95. The normalized spacial score (nSPS) is 10.1. The van der Waals surface area contributed by atoms with E-state index in [2.05, 4.69) is 26.2 Å². The van der Waals surface area contributed by atoms with E-state index in [0.29, 0.717) is 11.4 Å². The van der Waals surface area contributed by atoms with Crippen LogP contribution in [-0.2, 0) is 4.79 Å². The second-order valence-electron chi connectivity index (χ2n) is 3.33. The zero-order valence-corrected chi connectivity index (χ0v) is 11.0. The average molecular weight is 307 g/mol. The number of rotatable bonds is 6. The first-order valence-corrected chi connectivity index (χ1v) is 6.10. The molecule has 0 atom stereocenters. The molecule has 0 bridgehead atoms. The van der Waals surface area contributed by atoms with Gasteiger partial charge in [-0.15, -0.1) is 0 Å². The van der Waals surface area contributed by atoms with Crippen LogP contribution in [0.15, 0.2) is 16.7 Å². The summed E-state index contributed by atoms with van der Waals surface area (Å²) in [5, 5.41) is 3.73. The molecule has 0 spiro atoms. The highest BCUT2D eigenvalue weighted by molar-refractivity contribution is 9.10. The molecule has 0 aliphatic carbocycles. The van der Waals surface area contributed by atoms with Crippen LogP contribution in [0.2, 0.25) is 5.02 Å². The van der Waals surface area contributed by atoms with Gasteiger partial charge in [-0.3, -0.25) is 4.79 Å². The van der Waals surface area contributed by atoms with Crippen LogP contribution in [0.3, 0.4) is 0 Å². The minimum Gasteiger partial charge on any atom is -0.370 e. The maximum Gasteiger partial charge on any atom is 0.217 e. The van der Waals surface area contributed by atoms with Crippen LogP contribution in [0.4, 0.5) is 5.82 Å². The Bertz CT molecular complexity index is 373. The molecule has 1 aromatic heterocycles. The highest BCUT2D eigenvalue weighted by Gasteiger charge is 2.01. The van der Waals surface area contributed by atoms with E-state index in [0.717, 1.165) is 29.7 Å². The maximum atomic E-state index is 10.5. The first-order chi connectivity index (χ1) is 7.59. The summed E-state index contributed by atoms with van der Waals surface area (Å²) in [6.45, 7) is 0.751. The fourth-order valence-corrected chi connectivity index (χ4v) is 1.95. The van der Waals surface area contributed by atoms with E-state index in [4.69, 9.17) is 17.3 Å². The van der Waals surface area contributed by atoms with Gasteiger partial charge in [0.05, 0.1) is 9.50 Å². The zero-order valence-electron chi connectivity index (χ0n) is 8.67. The Balaban J connectivity index is 2.29. The van der Waals surface area contributed by atoms with Crippen LogP contribution in [0.1, 0.15) is 19.3 Å². The van der Waals surface area contributed by atoms with Crippen molar-refractivity contribution in [3.8, 4) is 0 Å². The average Bonchev–Trinajstić information content (AvgIpc) is 2.20. The number of carbonyl (C=O) groups is 1. The summed E-state index contributed by atoms with van der Waals surface area (Å²) in [6.07, 6.45) is 3.67. The van der Waals surface area contributed by atoms with Crippen molar-refractivity contribution >= 4 is 39.3 Å². The number of hydrogen-bond acceptors (Lipinski definition) is 3. The van der Waals surface area contributed by atoms with Crippen molar-refractivity contribution in [2.45, 2.75) is 19.3 Å². The smallest absolute Gasteiger partial charge is 0.217 e. The number of unbranched alkanes of at least 4 members (excludes halogenated alkanes) is 1. The molecule has 0 aromatic carbocycles. The molecule has 0 saturated carbocycles. The summed E-state index contributed by atoms with van der Waals surface area (Å²) in [7, 11) is 0. The van der Waals surface area contributed by atoms with Crippen LogP contribution >= 0.6 is 27.5 Å². The Labute approximate surface area is 108 Å². The third kappa shape index (κ3) is 4.81. The monoisotopic (exact) mass is 305 g/mol. The molecule has 1 heterocycles. The van der Waals surface area contributed by atoms with E-state index < -0.39 is 0 Å².